The molecule has 2 aromatic rings. The van der Waals surface area contributed by atoms with E-state index in [-0.39, 0.29) is 36.0 Å². The summed E-state index contributed by atoms with van der Waals surface area (Å²) in [5.74, 6) is -1.55. The number of likely N-dealkylation sites (N-methyl/N-ethyl adjacent to an activating group) is 1. The van der Waals surface area contributed by atoms with Crippen molar-refractivity contribution in [3.05, 3.63) is 41.3 Å². The van der Waals surface area contributed by atoms with E-state index in [1.807, 2.05) is 0 Å². The van der Waals surface area contributed by atoms with Crippen LogP contribution in [0.25, 0.3) is 17.0 Å². The van der Waals surface area contributed by atoms with Gasteiger partial charge in [0.25, 0.3) is 5.91 Å². The van der Waals surface area contributed by atoms with E-state index < -0.39 is 23.9 Å². The average Bonchev–Trinajstić information content (AvgIpc) is 3.27. The number of methoxy groups -OCH3 is 1. The van der Waals surface area contributed by atoms with Gasteiger partial charge >= 0.3 is 5.97 Å². The standard InChI is InChI=1S/C30H40FN5O5.ClH/c1-19(32-2)28(38)33-26(20-8-6-5-7-9-20)29(39)35-14-16-36(17-15-35)30(40)27-22(11-13-25(37)41-4)23-18-21(31)10-12-24(23)34(27)3;/h10-13,18-20,26,32H,5-9,14-17H2,1-4H3,(H,33,38);1H/b13-11+;/t19-,26-;/m0./s1. The van der Waals surface area contributed by atoms with Crippen LogP contribution in [0.4, 0.5) is 4.39 Å². The highest BCUT2D eigenvalue weighted by Gasteiger charge is 2.36. The topological polar surface area (TPSA) is 113 Å². The summed E-state index contributed by atoms with van der Waals surface area (Å²) in [6.07, 6.45) is 7.69. The number of hydrogen-bond acceptors (Lipinski definition) is 6. The lowest BCUT2D eigenvalue weighted by Crippen LogP contribution is -2.59. The minimum absolute atomic E-state index is 0. The summed E-state index contributed by atoms with van der Waals surface area (Å²) in [5, 5.41) is 6.44. The average molecular weight is 606 g/mol. The summed E-state index contributed by atoms with van der Waals surface area (Å²) >= 11 is 0. The van der Waals surface area contributed by atoms with Gasteiger partial charge in [0.1, 0.15) is 17.6 Å². The molecule has 3 amide bonds. The second-order valence-corrected chi connectivity index (χ2v) is 10.9. The Morgan fingerprint density at radius 1 is 1.05 bits per heavy atom. The van der Waals surface area contributed by atoms with Crippen molar-refractivity contribution in [1.82, 2.24) is 25.0 Å². The van der Waals surface area contributed by atoms with E-state index >= 15 is 0 Å². The fourth-order valence-electron chi connectivity index (χ4n) is 5.83. The van der Waals surface area contributed by atoms with Crippen molar-refractivity contribution in [2.45, 2.75) is 51.1 Å². The van der Waals surface area contributed by atoms with Crippen LogP contribution in [-0.4, -0.2) is 90.5 Å². The number of ether oxygens (including phenoxy) is 1. The smallest absolute Gasteiger partial charge is 0.330 e. The number of benzene rings is 1. The molecule has 1 aliphatic heterocycles. The van der Waals surface area contributed by atoms with Gasteiger partial charge in [-0.1, -0.05) is 19.3 Å². The molecule has 1 saturated heterocycles. The number of carbonyl (C=O) groups is 4. The molecule has 0 radical (unpaired) electrons. The number of nitrogens with zero attached hydrogens (tertiary/aromatic N) is 3. The number of carbonyl (C=O) groups excluding carboxylic acids is 4. The maximum Gasteiger partial charge on any atom is 0.330 e. The first-order valence-electron chi connectivity index (χ1n) is 14.3. The van der Waals surface area contributed by atoms with E-state index in [1.54, 1.807) is 41.5 Å². The molecule has 0 spiro atoms. The Morgan fingerprint density at radius 2 is 1.69 bits per heavy atom. The number of esters is 1. The van der Waals surface area contributed by atoms with Crippen LogP contribution in [0.5, 0.6) is 0 Å². The summed E-state index contributed by atoms with van der Waals surface area (Å²) in [6, 6.07) is 3.26. The first-order valence-corrected chi connectivity index (χ1v) is 14.3. The first kappa shape index (κ1) is 33.1. The van der Waals surface area contributed by atoms with Crippen LogP contribution in [-0.2, 0) is 26.2 Å². The molecular formula is C30H41ClFN5O5. The third kappa shape index (κ3) is 7.12. The molecule has 1 aromatic heterocycles. The zero-order chi connectivity index (χ0) is 29.7. The zero-order valence-electron chi connectivity index (χ0n) is 24.7. The summed E-state index contributed by atoms with van der Waals surface area (Å²) < 4.78 is 20.6. The van der Waals surface area contributed by atoms with Gasteiger partial charge in [-0.05, 0) is 57.0 Å². The summed E-state index contributed by atoms with van der Waals surface area (Å²) in [4.78, 5) is 55.5. The SMILES string of the molecule is CN[C@@H](C)C(=O)N[C@H](C(=O)N1CCN(C(=O)c2c(/C=C/C(=O)OC)c3cc(F)ccc3n2C)CC1)C1CCCCC1.Cl. The van der Waals surface area contributed by atoms with Gasteiger partial charge in [0.15, 0.2) is 0 Å². The van der Waals surface area contributed by atoms with Gasteiger partial charge in [-0.3, -0.25) is 14.4 Å². The van der Waals surface area contributed by atoms with Gasteiger partial charge in [0, 0.05) is 55.8 Å². The fourth-order valence-corrected chi connectivity index (χ4v) is 5.83. The van der Waals surface area contributed by atoms with E-state index in [1.165, 1.54) is 31.4 Å². The van der Waals surface area contributed by atoms with Gasteiger partial charge < -0.3 is 29.7 Å². The summed E-state index contributed by atoms with van der Waals surface area (Å²) in [5.41, 5.74) is 1.39. The highest BCUT2D eigenvalue weighted by Crippen LogP contribution is 2.30. The van der Waals surface area contributed by atoms with Crippen molar-refractivity contribution >= 4 is 53.1 Å². The number of nitrogens with one attached hydrogen (secondary N) is 2. The molecule has 4 rings (SSSR count). The van der Waals surface area contributed by atoms with Crippen molar-refractivity contribution in [1.29, 1.82) is 0 Å². The Balaban J connectivity index is 0.00000484. The number of aryl methyl sites for hydroxylation is 1. The third-order valence-electron chi connectivity index (χ3n) is 8.38. The van der Waals surface area contributed by atoms with E-state index in [0.717, 1.165) is 32.1 Å². The van der Waals surface area contributed by atoms with E-state index in [9.17, 15) is 23.6 Å². The largest absolute Gasteiger partial charge is 0.466 e. The van der Waals surface area contributed by atoms with Crippen molar-refractivity contribution in [2.75, 3.05) is 40.3 Å². The van der Waals surface area contributed by atoms with Crippen LogP contribution in [0.1, 0.15) is 55.1 Å². The number of amides is 3. The molecule has 2 atom stereocenters. The molecule has 42 heavy (non-hydrogen) atoms. The molecule has 1 aromatic carbocycles. The molecule has 10 nitrogen and oxygen atoms in total. The van der Waals surface area contributed by atoms with Crippen molar-refractivity contribution in [3.63, 3.8) is 0 Å². The molecule has 0 bridgehead atoms. The fraction of sp³-hybridized carbons (Fsp3) is 0.533. The lowest BCUT2D eigenvalue weighted by Gasteiger charge is -2.39. The molecule has 2 aliphatic rings. The van der Waals surface area contributed by atoms with E-state index in [4.69, 9.17) is 4.74 Å². The summed E-state index contributed by atoms with van der Waals surface area (Å²) in [7, 11) is 4.70. The Bertz CT molecular complexity index is 1330. The Labute approximate surface area is 252 Å². The number of halogens is 2. The molecule has 1 saturated carbocycles. The normalized spacial score (nSPS) is 17.5. The lowest BCUT2D eigenvalue weighted by atomic mass is 9.83. The number of fused-ring (bicyclic) bond motifs is 1. The first-order chi connectivity index (χ1) is 19.7. The quantitative estimate of drug-likeness (QED) is 0.353. The molecule has 12 heteroatoms. The lowest BCUT2D eigenvalue weighted by molar-refractivity contribution is -0.140. The van der Waals surface area contributed by atoms with Crippen LogP contribution in [0.2, 0.25) is 0 Å². The molecule has 2 heterocycles. The minimum Gasteiger partial charge on any atom is -0.466 e. The maximum atomic E-state index is 14.2. The van der Waals surface area contributed by atoms with Gasteiger partial charge in [0.2, 0.25) is 11.8 Å². The maximum absolute atomic E-state index is 14.2. The minimum atomic E-state index is -0.594. The predicted molar refractivity (Wildman–Crippen MR) is 161 cm³/mol. The number of rotatable bonds is 8. The monoisotopic (exact) mass is 605 g/mol. The van der Waals surface area contributed by atoms with Crippen LogP contribution in [0.15, 0.2) is 24.3 Å². The Morgan fingerprint density at radius 3 is 2.31 bits per heavy atom. The highest BCUT2D eigenvalue weighted by molar-refractivity contribution is 6.06. The van der Waals surface area contributed by atoms with Crippen molar-refractivity contribution < 1.29 is 28.3 Å². The third-order valence-corrected chi connectivity index (χ3v) is 8.38. The number of piperazine rings is 1. The molecule has 2 fully saturated rings. The Hall–Kier alpha value is -3.44. The van der Waals surface area contributed by atoms with E-state index in [0.29, 0.717) is 48.3 Å². The van der Waals surface area contributed by atoms with Gasteiger partial charge in [-0.2, -0.15) is 0 Å². The van der Waals surface area contributed by atoms with Crippen LogP contribution < -0.4 is 10.6 Å². The van der Waals surface area contributed by atoms with Crippen LogP contribution >= 0.6 is 12.4 Å². The van der Waals surface area contributed by atoms with E-state index in [2.05, 4.69) is 10.6 Å². The number of hydrogen-bond donors (Lipinski definition) is 2. The number of aromatic nitrogens is 1. The second-order valence-electron chi connectivity index (χ2n) is 10.9. The van der Waals surface area contributed by atoms with Gasteiger partial charge in [0.05, 0.1) is 13.2 Å². The molecule has 1 aliphatic carbocycles. The zero-order valence-corrected chi connectivity index (χ0v) is 25.5. The highest BCUT2D eigenvalue weighted by atomic mass is 35.5. The van der Waals surface area contributed by atoms with Crippen molar-refractivity contribution in [2.24, 2.45) is 13.0 Å². The molecule has 2 N–H and O–H groups in total. The van der Waals surface area contributed by atoms with Crippen LogP contribution in [0, 0.1) is 11.7 Å². The second kappa shape index (κ2) is 14.6. The molecule has 230 valence electrons. The van der Waals surface area contributed by atoms with Crippen LogP contribution in [0.3, 0.4) is 0 Å². The van der Waals surface area contributed by atoms with Gasteiger partial charge in [-0.15, -0.1) is 12.4 Å². The van der Waals surface area contributed by atoms with Gasteiger partial charge in [-0.25, -0.2) is 9.18 Å². The van der Waals surface area contributed by atoms with Crippen molar-refractivity contribution in [3.8, 4) is 0 Å². The summed E-state index contributed by atoms with van der Waals surface area (Å²) in [6.45, 7) is 3.03. The molecular weight excluding hydrogens is 565 g/mol. The molecule has 0 unspecified atom stereocenters. The predicted octanol–water partition coefficient (Wildman–Crippen LogP) is 2.88. The Kier molecular flexibility index (Phi) is 11.5.